The summed E-state index contributed by atoms with van der Waals surface area (Å²) in [4.78, 5) is 0. The Morgan fingerprint density at radius 2 is 1.95 bits per heavy atom. The van der Waals surface area contributed by atoms with Crippen LogP contribution in [0.2, 0.25) is 0 Å². The lowest BCUT2D eigenvalue weighted by molar-refractivity contribution is 0.0107. The molecule has 0 spiro atoms. The van der Waals surface area contributed by atoms with Gasteiger partial charge in [0.1, 0.15) is 18.5 Å². The van der Waals surface area contributed by atoms with E-state index in [-0.39, 0.29) is 13.2 Å². The molecule has 0 aliphatic carbocycles. The van der Waals surface area contributed by atoms with E-state index in [1.807, 2.05) is 25.1 Å². The van der Waals surface area contributed by atoms with Crippen LogP contribution < -0.4 is 4.74 Å². The molecule has 0 heterocycles. The van der Waals surface area contributed by atoms with Gasteiger partial charge >= 0.3 is 0 Å². The first-order valence-corrected chi connectivity index (χ1v) is 7.21. The zero-order valence-corrected chi connectivity index (χ0v) is 12.6. The van der Waals surface area contributed by atoms with E-state index in [4.69, 9.17) is 9.47 Å². The van der Waals surface area contributed by atoms with E-state index in [2.05, 4.69) is 6.92 Å². The second-order valence-electron chi connectivity index (χ2n) is 5.11. The monoisotopic (exact) mass is 282 g/mol. The van der Waals surface area contributed by atoms with Gasteiger partial charge in [0.05, 0.1) is 12.7 Å². The van der Waals surface area contributed by atoms with Crippen molar-refractivity contribution >= 4 is 0 Å². The lowest BCUT2D eigenvalue weighted by atomic mass is 10.1. The predicted octanol–water partition coefficient (Wildman–Crippen LogP) is 2.60. The molecule has 4 heteroatoms. The highest BCUT2D eigenvalue weighted by Gasteiger charge is 2.12. The summed E-state index contributed by atoms with van der Waals surface area (Å²) in [6, 6.07) is 5.64. The van der Waals surface area contributed by atoms with Crippen LogP contribution in [0.15, 0.2) is 18.2 Å². The summed E-state index contributed by atoms with van der Waals surface area (Å²) in [5.74, 6) is 0.618. The minimum absolute atomic E-state index is 0.162. The van der Waals surface area contributed by atoms with Crippen molar-refractivity contribution in [2.75, 3.05) is 19.8 Å². The van der Waals surface area contributed by atoms with Crippen LogP contribution in [0.5, 0.6) is 5.75 Å². The van der Waals surface area contributed by atoms with Crippen LogP contribution in [0.3, 0.4) is 0 Å². The second-order valence-corrected chi connectivity index (χ2v) is 5.11. The zero-order chi connectivity index (χ0) is 15.0. The molecule has 114 valence electrons. The Kier molecular flexibility index (Phi) is 7.59. The summed E-state index contributed by atoms with van der Waals surface area (Å²) in [5.41, 5.74) is 1.78. The van der Waals surface area contributed by atoms with Crippen molar-refractivity contribution in [3.8, 4) is 5.75 Å². The molecule has 20 heavy (non-hydrogen) atoms. The smallest absolute Gasteiger partial charge is 0.125 e. The van der Waals surface area contributed by atoms with Crippen LogP contribution in [0.25, 0.3) is 0 Å². The Hall–Kier alpha value is -1.10. The maximum absolute atomic E-state index is 9.80. The van der Waals surface area contributed by atoms with Gasteiger partial charge in [-0.25, -0.2) is 0 Å². The number of hydrogen-bond acceptors (Lipinski definition) is 4. The van der Waals surface area contributed by atoms with Gasteiger partial charge in [0.2, 0.25) is 0 Å². The van der Waals surface area contributed by atoms with Crippen LogP contribution in [-0.4, -0.2) is 36.1 Å². The molecule has 1 aromatic rings. The number of aliphatic hydroxyl groups is 2. The van der Waals surface area contributed by atoms with E-state index < -0.39 is 12.2 Å². The Morgan fingerprint density at radius 3 is 2.60 bits per heavy atom. The van der Waals surface area contributed by atoms with Gasteiger partial charge in [0, 0.05) is 12.2 Å². The van der Waals surface area contributed by atoms with Crippen LogP contribution in [-0.2, 0) is 4.74 Å². The Labute approximate surface area is 121 Å². The summed E-state index contributed by atoms with van der Waals surface area (Å²) in [5, 5.41) is 19.5. The van der Waals surface area contributed by atoms with Crippen molar-refractivity contribution in [2.24, 2.45) is 0 Å². The standard InChI is InChI=1S/C16H26O4/c1-4-5-8-19-10-14(18)11-20-16-9-12(2)6-7-15(16)13(3)17/h6-7,9,13-14,17-18H,4-5,8,10-11H2,1-3H3. The Morgan fingerprint density at radius 1 is 1.20 bits per heavy atom. The molecule has 4 nitrogen and oxygen atoms in total. The molecule has 0 aliphatic rings. The maximum atomic E-state index is 9.80. The number of hydrogen-bond donors (Lipinski definition) is 2. The number of unbranched alkanes of at least 4 members (excludes halogenated alkanes) is 1. The van der Waals surface area contributed by atoms with Gasteiger partial charge in [-0.05, 0) is 31.9 Å². The summed E-state index contributed by atoms with van der Waals surface area (Å²) in [6.45, 7) is 6.85. The van der Waals surface area contributed by atoms with E-state index in [9.17, 15) is 10.2 Å². The summed E-state index contributed by atoms with van der Waals surface area (Å²) >= 11 is 0. The third-order valence-corrected chi connectivity index (χ3v) is 3.00. The number of ether oxygens (including phenoxy) is 2. The Balaban J connectivity index is 2.46. The third-order valence-electron chi connectivity index (χ3n) is 3.00. The molecule has 1 aromatic carbocycles. The van der Waals surface area contributed by atoms with Crippen LogP contribution in [0.1, 0.15) is 43.9 Å². The lowest BCUT2D eigenvalue weighted by Gasteiger charge is -2.17. The van der Waals surface area contributed by atoms with E-state index >= 15 is 0 Å². The average Bonchev–Trinajstić information content (AvgIpc) is 2.41. The van der Waals surface area contributed by atoms with Gasteiger partial charge in [0.15, 0.2) is 0 Å². The molecular weight excluding hydrogens is 256 g/mol. The number of aryl methyl sites for hydroxylation is 1. The maximum Gasteiger partial charge on any atom is 0.125 e. The molecule has 0 amide bonds. The van der Waals surface area contributed by atoms with Gasteiger partial charge in [-0.3, -0.25) is 0 Å². The molecule has 0 fully saturated rings. The first kappa shape index (κ1) is 17.0. The van der Waals surface area contributed by atoms with Crippen molar-refractivity contribution in [3.05, 3.63) is 29.3 Å². The second kappa shape index (κ2) is 8.95. The zero-order valence-electron chi connectivity index (χ0n) is 12.6. The largest absolute Gasteiger partial charge is 0.490 e. The topological polar surface area (TPSA) is 58.9 Å². The number of rotatable bonds is 9. The molecule has 0 bridgehead atoms. The molecule has 2 N–H and O–H groups in total. The van der Waals surface area contributed by atoms with Crippen LogP contribution >= 0.6 is 0 Å². The lowest BCUT2D eigenvalue weighted by Crippen LogP contribution is -2.24. The van der Waals surface area contributed by atoms with Crippen molar-refractivity contribution in [2.45, 2.75) is 45.8 Å². The van der Waals surface area contributed by atoms with Crippen molar-refractivity contribution in [1.82, 2.24) is 0 Å². The van der Waals surface area contributed by atoms with Crippen molar-refractivity contribution in [3.63, 3.8) is 0 Å². The van der Waals surface area contributed by atoms with E-state index in [1.54, 1.807) is 6.92 Å². The van der Waals surface area contributed by atoms with Crippen molar-refractivity contribution in [1.29, 1.82) is 0 Å². The highest BCUT2D eigenvalue weighted by Crippen LogP contribution is 2.26. The third kappa shape index (κ3) is 5.90. The first-order chi connectivity index (χ1) is 9.54. The fourth-order valence-corrected chi connectivity index (χ4v) is 1.81. The highest BCUT2D eigenvalue weighted by atomic mass is 16.5. The molecule has 2 unspecified atom stereocenters. The van der Waals surface area contributed by atoms with E-state index in [0.717, 1.165) is 24.0 Å². The van der Waals surface area contributed by atoms with Crippen molar-refractivity contribution < 1.29 is 19.7 Å². The molecule has 0 aromatic heterocycles. The quantitative estimate of drug-likeness (QED) is 0.684. The van der Waals surface area contributed by atoms with E-state index in [1.165, 1.54) is 0 Å². The molecule has 2 atom stereocenters. The summed E-state index contributed by atoms with van der Waals surface area (Å²) < 4.78 is 11.0. The van der Waals surface area contributed by atoms with Gasteiger partial charge in [-0.1, -0.05) is 25.5 Å². The van der Waals surface area contributed by atoms with Crippen LogP contribution in [0, 0.1) is 6.92 Å². The van der Waals surface area contributed by atoms with Gasteiger partial charge in [-0.2, -0.15) is 0 Å². The van der Waals surface area contributed by atoms with Crippen LogP contribution in [0.4, 0.5) is 0 Å². The molecule has 0 saturated heterocycles. The molecule has 1 rings (SSSR count). The first-order valence-electron chi connectivity index (χ1n) is 7.21. The fraction of sp³-hybridized carbons (Fsp3) is 0.625. The highest BCUT2D eigenvalue weighted by molar-refractivity contribution is 5.38. The summed E-state index contributed by atoms with van der Waals surface area (Å²) in [7, 11) is 0. The molecule has 0 radical (unpaired) electrons. The fourth-order valence-electron chi connectivity index (χ4n) is 1.81. The predicted molar refractivity (Wildman–Crippen MR) is 79.0 cm³/mol. The number of aliphatic hydroxyl groups excluding tert-OH is 2. The summed E-state index contributed by atoms with van der Waals surface area (Å²) in [6.07, 6.45) is 0.823. The minimum Gasteiger partial charge on any atom is -0.490 e. The normalized spacial score (nSPS) is 14.1. The number of benzene rings is 1. The Bertz CT molecular complexity index is 390. The van der Waals surface area contributed by atoms with Gasteiger partial charge < -0.3 is 19.7 Å². The molecular formula is C16H26O4. The van der Waals surface area contributed by atoms with Gasteiger partial charge in [0.25, 0.3) is 0 Å². The van der Waals surface area contributed by atoms with E-state index in [0.29, 0.717) is 12.4 Å². The average molecular weight is 282 g/mol. The molecule has 0 aliphatic heterocycles. The molecule has 0 saturated carbocycles. The SMILES string of the molecule is CCCCOCC(O)COc1cc(C)ccc1C(C)O. The minimum atomic E-state index is -0.658. The van der Waals surface area contributed by atoms with Gasteiger partial charge in [-0.15, -0.1) is 0 Å².